The first-order valence-electron chi connectivity index (χ1n) is 5.25. The maximum atomic E-state index is 5.87. The Morgan fingerprint density at radius 2 is 2.17 bits per heavy atom. The maximum Gasteiger partial charge on any atom is 0.155 e. The molecule has 0 fully saturated rings. The highest BCUT2D eigenvalue weighted by Gasteiger charge is 2.07. The van der Waals surface area contributed by atoms with Gasteiger partial charge in [-0.2, -0.15) is 0 Å². The Balaban J connectivity index is 1.96. The van der Waals surface area contributed by atoms with Crippen LogP contribution in [0, 0.1) is 0 Å². The predicted molar refractivity (Wildman–Crippen MR) is 79.4 cm³/mol. The van der Waals surface area contributed by atoms with Crippen LogP contribution in [0.4, 0.5) is 5.82 Å². The number of anilines is 1. The second-order valence-corrected chi connectivity index (χ2v) is 5.74. The van der Waals surface area contributed by atoms with Gasteiger partial charge in [-0.3, -0.25) is 0 Å². The third kappa shape index (κ3) is 3.38. The Hall–Kier alpha value is -1.24. The molecule has 0 saturated carbocycles. The van der Waals surface area contributed by atoms with Crippen molar-refractivity contribution in [1.82, 2.24) is 9.97 Å². The molecule has 0 radical (unpaired) electrons. The van der Waals surface area contributed by atoms with Crippen LogP contribution in [-0.2, 0) is 6.42 Å². The van der Waals surface area contributed by atoms with Gasteiger partial charge in [0.1, 0.15) is 10.7 Å². The van der Waals surface area contributed by atoms with Crippen LogP contribution in [0.25, 0.3) is 0 Å². The molecule has 4 nitrogen and oxygen atoms in total. The lowest BCUT2D eigenvalue weighted by Gasteiger charge is -2.07. The van der Waals surface area contributed by atoms with Crippen LogP contribution in [0.15, 0.2) is 24.5 Å². The summed E-state index contributed by atoms with van der Waals surface area (Å²) in [6.07, 6.45) is 4.04. The molecule has 2 aromatic heterocycles. The fraction of sp³-hybridized carbons (Fsp3) is 0.182. The molecule has 2 aromatic rings. The van der Waals surface area contributed by atoms with Crippen LogP contribution in [0.1, 0.15) is 10.6 Å². The van der Waals surface area contributed by atoms with E-state index < -0.39 is 0 Å². The van der Waals surface area contributed by atoms with E-state index in [0.29, 0.717) is 11.5 Å². The summed E-state index contributed by atoms with van der Waals surface area (Å²) in [6, 6.07) is 3.91. The molecule has 0 aliphatic rings. The molecular formula is C11H11ClN4S2. The lowest BCUT2D eigenvalue weighted by atomic mass is 10.3. The molecule has 3 N–H and O–H groups in total. The Labute approximate surface area is 119 Å². The van der Waals surface area contributed by atoms with Crippen LogP contribution in [0.5, 0.6) is 0 Å². The Morgan fingerprint density at radius 1 is 1.39 bits per heavy atom. The van der Waals surface area contributed by atoms with E-state index in [1.165, 1.54) is 4.88 Å². The van der Waals surface area contributed by atoms with Crippen LogP contribution >= 0.6 is 35.2 Å². The van der Waals surface area contributed by atoms with Crippen molar-refractivity contribution in [2.45, 2.75) is 6.42 Å². The van der Waals surface area contributed by atoms with Crippen molar-refractivity contribution in [1.29, 1.82) is 0 Å². The zero-order valence-corrected chi connectivity index (χ0v) is 11.8. The number of aromatic nitrogens is 2. The normalized spacial score (nSPS) is 10.3. The highest BCUT2D eigenvalue weighted by Crippen LogP contribution is 2.21. The number of rotatable bonds is 5. The smallest absolute Gasteiger partial charge is 0.155 e. The first-order valence-corrected chi connectivity index (χ1v) is 6.86. The standard InChI is InChI=1S/C11H11ClN4S2/c12-8-2-1-7(18-8)3-4-15-11-9(10(13)17)14-5-6-16-11/h1-2,5-6H,3-4H2,(H2,13,17)(H,15,16). The van der Waals surface area contributed by atoms with Gasteiger partial charge < -0.3 is 11.1 Å². The van der Waals surface area contributed by atoms with Gasteiger partial charge in [0, 0.05) is 23.8 Å². The van der Waals surface area contributed by atoms with Crippen molar-refractivity contribution in [3.63, 3.8) is 0 Å². The Kier molecular flexibility index (Phi) is 4.46. The molecule has 0 aromatic carbocycles. The van der Waals surface area contributed by atoms with Crippen LogP contribution < -0.4 is 11.1 Å². The molecule has 0 bridgehead atoms. The summed E-state index contributed by atoms with van der Waals surface area (Å²) in [5.74, 6) is 0.618. The number of nitrogens with one attached hydrogen (secondary N) is 1. The van der Waals surface area contributed by atoms with Gasteiger partial charge in [0.05, 0.1) is 4.34 Å². The molecule has 0 spiro atoms. The van der Waals surface area contributed by atoms with E-state index in [4.69, 9.17) is 29.6 Å². The number of nitrogens with two attached hydrogens (primary N) is 1. The molecular weight excluding hydrogens is 288 g/mol. The third-order valence-electron chi connectivity index (χ3n) is 2.22. The number of halogens is 1. The fourth-order valence-electron chi connectivity index (χ4n) is 1.44. The quantitative estimate of drug-likeness (QED) is 0.830. The molecule has 2 heterocycles. The molecule has 0 aliphatic heterocycles. The summed E-state index contributed by atoms with van der Waals surface area (Å²) in [6.45, 7) is 0.727. The summed E-state index contributed by atoms with van der Waals surface area (Å²) in [5, 5.41) is 3.17. The number of nitrogens with zero attached hydrogens (tertiary/aromatic N) is 2. The summed E-state index contributed by atoms with van der Waals surface area (Å²) < 4.78 is 0.799. The van der Waals surface area contributed by atoms with Gasteiger partial charge in [0.2, 0.25) is 0 Å². The summed E-state index contributed by atoms with van der Waals surface area (Å²) >= 11 is 12.4. The zero-order chi connectivity index (χ0) is 13.0. The average molecular weight is 299 g/mol. The maximum absolute atomic E-state index is 5.87. The van der Waals surface area contributed by atoms with Gasteiger partial charge in [0.15, 0.2) is 5.82 Å². The van der Waals surface area contributed by atoms with Crippen LogP contribution in [0.3, 0.4) is 0 Å². The lowest BCUT2D eigenvalue weighted by Crippen LogP contribution is -2.17. The largest absolute Gasteiger partial charge is 0.388 e. The van der Waals surface area contributed by atoms with Crippen molar-refractivity contribution < 1.29 is 0 Å². The van der Waals surface area contributed by atoms with Crippen molar-refractivity contribution >= 4 is 46.0 Å². The lowest BCUT2D eigenvalue weighted by molar-refractivity contribution is 1.02. The molecule has 0 saturated heterocycles. The first-order chi connectivity index (χ1) is 8.66. The molecule has 0 atom stereocenters. The van der Waals surface area contributed by atoms with E-state index in [1.807, 2.05) is 12.1 Å². The highest BCUT2D eigenvalue weighted by atomic mass is 35.5. The van der Waals surface area contributed by atoms with Crippen molar-refractivity contribution in [3.05, 3.63) is 39.4 Å². The molecule has 0 amide bonds. The molecule has 0 unspecified atom stereocenters. The predicted octanol–water partition coefficient (Wildman–Crippen LogP) is 2.48. The second kappa shape index (κ2) is 6.08. The van der Waals surface area contributed by atoms with E-state index >= 15 is 0 Å². The fourth-order valence-corrected chi connectivity index (χ4v) is 2.67. The monoisotopic (exact) mass is 298 g/mol. The van der Waals surface area contributed by atoms with Crippen molar-refractivity contribution in [3.8, 4) is 0 Å². The van der Waals surface area contributed by atoms with Gasteiger partial charge in [-0.1, -0.05) is 23.8 Å². The van der Waals surface area contributed by atoms with Crippen LogP contribution in [0.2, 0.25) is 4.34 Å². The van der Waals surface area contributed by atoms with Crippen LogP contribution in [-0.4, -0.2) is 21.5 Å². The topological polar surface area (TPSA) is 63.8 Å². The number of hydrogen-bond donors (Lipinski definition) is 2. The number of hydrogen-bond acceptors (Lipinski definition) is 5. The summed E-state index contributed by atoms with van der Waals surface area (Å²) in [4.78, 5) is 9.73. The minimum atomic E-state index is 0.241. The third-order valence-corrected chi connectivity index (χ3v) is 3.71. The second-order valence-electron chi connectivity index (χ2n) is 3.50. The van der Waals surface area contributed by atoms with Gasteiger partial charge in [-0.25, -0.2) is 9.97 Å². The first kappa shape index (κ1) is 13.2. The summed E-state index contributed by atoms with van der Waals surface area (Å²) in [5.41, 5.74) is 6.10. The van der Waals surface area contributed by atoms with E-state index in [0.717, 1.165) is 17.3 Å². The number of thiocarbonyl (C=S) groups is 1. The van der Waals surface area contributed by atoms with Gasteiger partial charge in [-0.05, 0) is 18.6 Å². The van der Waals surface area contributed by atoms with Crippen molar-refractivity contribution in [2.24, 2.45) is 5.73 Å². The zero-order valence-electron chi connectivity index (χ0n) is 9.39. The van der Waals surface area contributed by atoms with E-state index in [9.17, 15) is 0 Å². The molecule has 7 heteroatoms. The van der Waals surface area contributed by atoms with Gasteiger partial charge >= 0.3 is 0 Å². The highest BCUT2D eigenvalue weighted by molar-refractivity contribution is 7.80. The van der Waals surface area contributed by atoms with Crippen molar-refractivity contribution in [2.75, 3.05) is 11.9 Å². The molecule has 94 valence electrons. The Morgan fingerprint density at radius 3 is 2.83 bits per heavy atom. The number of thiophene rings is 1. The minimum Gasteiger partial charge on any atom is -0.388 e. The summed E-state index contributed by atoms with van der Waals surface area (Å²) in [7, 11) is 0. The van der Waals surface area contributed by atoms with Gasteiger partial charge in [-0.15, -0.1) is 11.3 Å². The van der Waals surface area contributed by atoms with Gasteiger partial charge in [0.25, 0.3) is 0 Å². The minimum absolute atomic E-state index is 0.241. The average Bonchev–Trinajstić information content (AvgIpc) is 2.75. The Bertz CT molecular complexity index is 555. The van der Waals surface area contributed by atoms with E-state index in [2.05, 4.69) is 15.3 Å². The van der Waals surface area contributed by atoms with E-state index in [1.54, 1.807) is 23.7 Å². The SMILES string of the molecule is NC(=S)c1nccnc1NCCc1ccc(Cl)s1. The molecule has 18 heavy (non-hydrogen) atoms. The van der Waals surface area contributed by atoms with E-state index in [-0.39, 0.29) is 4.99 Å². The molecule has 2 rings (SSSR count). The molecule has 0 aliphatic carbocycles.